The number of carboxylic acid groups (broad SMARTS) is 1. The van der Waals surface area contributed by atoms with Gasteiger partial charge in [-0.3, -0.25) is 4.79 Å². The first-order valence-corrected chi connectivity index (χ1v) is 13.7. The Kier molecular flexibility index (Phi) is 9.80. The van der Waals surface area contributed by atoms with Crippen LogP contribution in [0.5, 0.6) is 11.5 Å². The molecule has 0 fully saturated rings. The molecule has 0 unspecified atom stereocenters. The zero-order valence-corrected chi connectivity index (χ0v) is 24.1. The molecule has 4 rings (SSSR count). The molecule has 0 atom stereocenters. The molecule has 0 aliphatic carbocycles. The molecule has 1 amide bonds. The van der Waals surface area contributed by atoms with Gasteiger partial charge in [-0.2, -0.15) is 18.3 Å². The number of anilines is 2. The fourth-order valence-electron chi connectivity index (χ4n) is 3.55. The molecule has 0 aliphatic heterocycles. The van der Waals surface area contributed by atoms with Crippen molar-refractivity contribution in [1.82, 2.24) is 10.4 Å². The van der Waals surface area contributed by atoms with Gasteiger partial charge in [-0.15, -0.1) is 11.3 Å². The lowest BCUT2D eigenvalue weighted by atomic mass is 10.1. The van der Waals surface area contributed by atoms with Gasteiger partial charge in [0, 0.05) is 21.1 Å². The van der Waals surface area contributed by atoms with Crippen LogP contribution in [-0.4, -0.2) is 35.3 Å². The van der Waals surface area contributed by atoms with E-state index in [0.29, 0.717) is 32.4 Å². The van der Waals surface area contributed by atoms with Crippen LogP contribution in [0, 0.1) is 0 Å². The zero-order chi connectivity index (χ0) is 30.3. The standard InChI is InChI=1S/C28H22BrF3N4O5S/c1-40-23-9-18(22(29)12-24(23)41-14-16-5-7-17(8-6-16)26(38)39)13-33-36-25(37)11-21-15-42-27(35-21)34-20-4-2-3-19(10-20)28(30,31)32/h2-10,12-13,15H,11,14H2,1H3,(H,34,35)(H,36,37)(H,38,39)/b33-13-. The van der Waals surface area contributed by atoms with Crippen molar-refractivity contribution in [3.05, 3.63) is 98.5 Å². The minimum absolute atomic E-state index is 0.0944. The van der Waals surface area contributed by atoms with E-state index in [1.807, 2.05) is 0 Å². The molecule has 0 radical (unpaired) electrons. The number of alkyl halides is 3. The fraction of sp³-hybridized carbons (Fsp3) is 0.143. The van der Waals surface area contributed by atoms with E-state index in [0.717, 1.165) is 29.0 Å². The first-order valence-electron chi connectivity index (χ1n) is 12.0. The first kappa shape index (κ1) is 30.5. The molecular weight excluding hydrogens is 641 g/mol. The largest absolute Gasteiger partial charge is 0.493 e. The molecule has 0 bridgehead atoms. The molecule has 14 heteroatoms. The second-order valence-electron chi connectivity index (χ2n) is 8.63. The summed E-state index contributed by atoms with van der Waals surface area (Å²) in [6.45, 7) is 0.181. The van der Waals surface area contributed by atoms with Gasteiger partial charge in [-0.1, -0.05) is 18.2 Å². The van der Waals surface area contributed by atoms with Crippen LogP contribution in [0.25, 0.3) is 0 Å². The second kappa shape index (κ2) is 13.5. The Morgan fingerprint density at radius 2 is 1.88 bits per heavy atom. The summed E-state index contributed by atoms with van der Waals surface area (Å²) in [5, 5.41) is 17.8. The van der Waals surface area contributed by atoms with Gasteiger partial charge < -0.3 is 19.9 Å². The lowest BCUT2D eigenvalue weighted by Crippen LogP contribution is -2.20. The number of methoxy groups -OCH3 is 1. The molecule has 1 aromatic heterocycles. The van der Waals surface area contributed by atoms with Gasteiger partial charge in [0.2, 0.25) is 5.91 Å². The number of ether oxygens (including phenoxy) is 2. The summed E-state index contributed by atoms with van der Waals surface area (Å²) >= 11 is 4.60. The molecule has 3 N–H and O–H groups in total. The van der Waals surface area contributed by atoms with E-state index in [1.165, 1.54) is 37.6 Å². The fourth-order valence-corrected chi connectivity index (χ4v) is 4.70. The third-order valence-corrected chi connectivity index (χ3v) is 7.10. The van der Waals surface area contributed by atoms with Crippen molar-refractivity contribution in [3.63, 3.8) is 0 Å². The highest BCUT2D eigenvalue weighted by atomic mass is 79.9. The lowest BCUT2D eigenvalue weighted by molar-refractivity contribution is -0.137. The van der Waals surface area contributed by atoms with E-state index >= 15 is 0 Å². The Morgan fingerprint density at radius 1 is 1.12 bits per heavy atom. The molecule has 218 valence electrons. The zero-order valence-electron chi connectivity index (χ0n) is 21.7. The predicted octanol–water partition coefficient (Wildman–Crippen LogP) is 6.65. The van der Waals surface area contributed by atoms with Gasteiger partial charge in [0.05, 0.1) is 36.6 Å². The first-order chi connectivity index (χ1) is 20.0. The summed E-state index contributed by atoms with van der Waals surface area (Å²) in [7, 11) is 1.48. The number of thiazole rings is 1. The molecular formula is C28H22BrF3N4O5S. The topological polar surface area (TPSA) is 122 Å². The Morgan fingerprint density at radius 3 is 2.57 bits per heavy atom. The molecule has 9 nitrogen and oxygen atoms in total. The minimum atomic E-state index is -4.46. The van der Waals surface area contributed by atoms with Crippen molar-refractivity contribution >= 4 is 56.2 Å². The van der Waals surface area contributed by atoms with E-state index in [-0.39, 0.29) is 24.3 Å². The smallest absolute Gasteiger partial charge is 0.416 e. The lowest BCUT2D eigenvalue weighted by Gasteiger charge is -2.13. The number of hydrogen-bond donors (Lipinski definition) is 3. The molecule has 0 aliphatic rings. The number of hydrogen-bond acceptors (Lipinski definition) is 8. The number of carboxylic acids is 1. The molecule has 0 saturated heterocycles. The number of carbonyl (C=O) groups is 2. The quantitative estimate of drug-likeness (QED) is 0.121. The summed E-state index contributed by atoms with van der Waals surface area (Å²) in [6, 6.07) is 14.4. The van der Waals surface area contributed by atoms with E-state index in [1.54, 1.807) is 29.6 Å². The van der Waals surface area contributed by atoms with Crippen molar-refractivity contribution in [2.45, 2.75) is 19.2 Å². The summed E-state index contributed by atoms with van der Waals surface area (Å²) in [5.41, 5.74) is 3.82. The number of halogens is 4. The van der Waals surface area contributed by atoms with E-state index in [2.05, 4.69) is 36.8 Å². The van der Waals surface area contributed by atoms with Crippen LogP contribution in [0.2, 0.25) is 0 Å². The number of benzene rings is 3. The molecule has 0 saturated carbocycles. The normalized spacial score (nSPS) is 11.4. The maximum Gasteiger partial charge on any atom is 0.416 e. The van der Waals surface area contributed by atoms with Gasteiger partial charge in [-0.05, 0) is 64.0 Å². The third kappa shape index (κ3) is 8.30. The number of amides is 1. The summed E-state index contributed by atoms with van der Waals surface area (Å²) < 4.78 is 50.7. The van der Waals surface area contributed by atoms with Gasteiger partial charge in [0.1, 0.15) is 6.61 Å². The number of nitrogens with zero attached hydrogens (tertiary/aromatic N) is 2. The average molecular weight is 663 g/mol. The van der Waals surface area contributed by atoms with Gasteiger partial charge in [-0.25, -0.2) is 15.2 Å². The SMILES string of the molecule is COc1cc(/C=N\NC(=O)Cc2csc(Nc3cccc(C(F)(F)F)c3)n2)c(Br)cc1OCc1ccc(C(=O)O)cc1. The number of carbonyl (C=O) groups excluding carboxylic acids is 1. The maximum atomic E-state index is 12.9. The monoisotopic (exact) mass is 662 g/mol. The number of aromatic nitrogens is 1. The van der Waals surface area contributed by atoms with Crippen LogP contribution in [0.15, 0.2) is 75.6 Å². The number of aromatic carboxylic acids is 1. The Bertz CT molecular complexity index is 1610. The molecule has 3 aromatic carbocycles. The highest BCUT2D eigenvalue weighted by Crippen LogP contribution is 2.34. The maximum absolute atomic E-state index is 12.9. The van der Waals surface area contributed by atoms with Gasteiger partial charge in [0.15, 0.2) is 16.6 Å². The van der Waals surface area contributed by atoms with Crippen LogP contribution in [0.4, 0.5) is 24.0 Å². The van der Waals surface area contributed by atoms with E-state index in [9.17, 15) is 22.8 Å². The van der Waals surface area contributed by atoms with Crippen molar-refractivity contribution in [3.8, 4) is 11.5 Å². The van der Waals surface area contributed by atoms with Crippen molar-refractivity contribution in [2.75, 3.05) is 12.4 Å². The summed E-state index contributed by atoms with van der Waals surface area (Å²) in [5.74, 6) is -0.606. The van der Waals surface area contributed by atoms with Crippen LogP contribution in [-0.2, 0) is 24.0 Å². The van der Waals surface area contributed by atoms with Gasteiger partial charge >= 0.3 is 12.1 Å². The predicted molar refractivity (Wildman–Crippen MR) is 155 cm³/mol. The average Bonchev–Trinajstić information content (AvgIpc) is 3.38. The molecule has 4 aromatic rings. The molecule has 0 spiro atoms. The number of hydrazone groups is 1. The highest BCUT2D eigenvalue weighted by molar-refractivity contribution is 9.10. The number of rotatable bonds is 11. The summed E-state index contributed by atoms with van der Waals surface area (Å²) in [6.07, 6.45) is -3.14. The van der Waals surface area contributed by atoms with Gasteiger partial charge in [0.25, 0.3) is 0 Å². The van der Waals surface area contributed by atoms with Crippen molar-refractivity contribution in [1.29, 1.82) is 0 Å². The Hall–Kier alpha value is -4.43. The second-order valence-corrected chi connectivity index (χ2v) is 10.3. The highest BCUT2D eigenvalue weighted by Gasteiger charge is 2.30. The van der Waals surface area contributed by atoms with Crippen molar-refractivity contribution < 1.29 is 37.3 Å². The van der Waals surface area contributed by atoms with E-state index in [4.69, 9.17) is 14.6 Å². The summed E-state index contributed by atoms with van der Waals surface area (Å²) in [4.78, 5) is 27.6. The third-order valence-electron chi connectivity index (χ3n) is 5.61. The Labute approximate surface area is 250 Å². The molecule has 1 heterocycles. The van der Waals surface area contributed by atoms with Crippen molar-refractivity contribution in [2.24, 2.45) is 5.10 Å². The number of nitrogens with one attached hydrogen (secondary N) is 2. The van der Waals surface area contributed by atoms with Crippen LogP contribution < -0.4 is 20.2 Å². The Balaban J connectivity index is 1.32. The molecule has 42 heavy (non-hydrogen) atoms. The van der Waals surface area contributed by atoms with Crippen LogP contribution in [0.1, 0.15) is 32.7 Å². The van der Waals surface area contributed by atoms with Crippen LogP contribution >= 0.6 is 27.3 Å². The van der Waals surface area contributed by atoms with Crippen LogP contribution in [0.3, 0.4) is 0 Å². The minimum Gasteiger partial charge on any atom is -0.493 e. The van der Waals surface area contributed by atoms with E-state index < -0.39 is 23.6 Å².